The molecule has 0 atom stereocenters. The zero-order valence-electron chi connectivity index (χ0n) is 12.2. The molecular formula is C16H16FN3S2. The average molecular weight is 333 g/mol. The molecule has 0 fully saturated rings. The molecule has 0 saturated carbocycles. The Bertz CT molecular complexity index is 720. The number of halogens is 1. The molecule has 0 amide bonds. The zero-order chi connectivity index (χ0) is 15.4. The summed E-state index contributed by atoms with van der Waals surface area (Å²) in [7, 11) is 0. The topological polar surface area (TPSA) is 30.7 Å². The predicted molar refractivity (Wildman–Crippen MR) is 88.8 cm³/mol. The van der Waals surface area contributed by atoms with Gasteiger partial charge in [-0.3, -0.25) is 0 Å². The van der Waals surface area contributed by atoms with Crippen molar-refractivity contribution in [2.24, 2.45) is 0 Å². The largest absolute Gasteiger partial charge is 0.306 e. The molecule has 2 aromatic heterocycles. The quantitative estimate of drug-likeness (QED) is 0.627. The van der Waals surface area contributed by atoms with Crippen LogP contribution in [-0.2, 0) is 18.7 Å². The highest BCUT2D eigenvalue weighted by atomic mass is 32.2. The van der Waals surface area contributed by atoms with Crippen LogP contribution in [0, 0.1) is 5.82 Å². The number of rotatable bonds is 6. The van der Waals surface area contributed by atoms with Crippen molar-refractivity contribution in [1.82, 2.24) is 14.8 Å². The second-order valence-electron chi connectivity index (χ2n) is 4.81. The molecule has 3 rings (SSSR count). The van der Waals surface area contributed by atoms with Gasteiger partial charge in [0.15, 0.2) is 5.16 Å². The molecule has 114 valence electrons. The summed E-state index contributed by atoms with van der Waals surface area (Å²) in [5.74, 6) is 1.55. The molecule has 0 bridgehead atoms. The van der Waals surface area contributed by atoms with Crippen molar-refractivity contribution in [3.8, 4) is 0 Å². The predicted octanol–water partition coefficient (Wildman–Crippen LogP) is 4.38. The van der Waals surface area contributed by atoms with Crippen molar-refractivity contribution in [2.75, 3.05) is 0 Å². The molecule has 0 aliphatic carbocycles. The van der Waals surface area contributed by atoms with Crippen molar-refractivity contribution in [3.63, 3.8) is 0 Å². The lowest BCUT2D eigenvalue weighted by Crippen LogP contribution is -2.03. The van der Waals surface area contributed by atoms with E-state index in [-0.39, 0.29) is 5.82 Å². The molecule has 2 heterocycles. The SMILES string of the molecule is CCn1c(Cc2cccs2)nnc1SCc1ccc(F)cc1. The second kappa shape index (κ2) is 7.07. The third-order valence-corrected chi connectivity index (χ3v) is 5.22. The number of nitrogens with zero attached hydrogens (tertiary/aromatic N) is 3. The van der Waals surface area contributed by atoms with Crippen LogP contribution in [-0.4, -0.2) is 14.8 Å². The van der Waals surface area contributed by atoms with Gasteiger partial charge in [-0.05, 0) is 36.1 Å². The molecule has 1 aromatic carbocycles. The first kappa shape index (κ1) is 15.2. The fourth-order valence-electron chi connectivity index (χ4n) is 2.17. The summed E-state index contributed by atoms with van der Waals surface area (Å²) in [4.78, 5) is 1.29. The van der Waals surface area contributed by atoms with E-state index in [0.717, 1.165) is 35.3 Å². The molecule has 22 heavy (non-hydrogen) atoms. The lowest BCUT2D eigenvalue weighted by Gasteiger charge is -2.06. The van der Waals surface area contributed by atoms with Gasteiger partial charge >= 0.3 is 0 Å². The van der Waals surface area contributed by atoms with Crippen LogP contribution in [0.2, 0.25) is 0 Å². The Kier molecular flexibility index (Phi) is 4.90. The first-order valence-electron chi connectivity index (χ1n) is 7.08. The fraction of sp³-hybridized carbons (Fsp3) is 0.250. The number of hydrogen-bond donors (Lipinski definition) is 0. The number of benzene rings is 1. The minimum absolute atomic E-state index is 0.205. The monoisotopic (exact) mass is 333 g/mol. The van der Waals surface area contributed by atoms with E-state index >= 15 is 0 Å². The van der Waals surface area contributed by atoms with E-state index in [1.807, 2.05) is 12.1 Å². The molecule has 0 radical (unpaired) electrons. The zero-order valence-corrected chi connectivity index (χ0v) is 13.8. The van der Waals surface area contributed by atoms with Gasteiger partial charge in [-0.15, -0.1) is 21.5 Å². The highest BCUT2D eigenvalue weighted by Crippen LogP contribution is 2.23. The molecule has 0 N–H and O–H groups in total. The van der Waals surface area contributed by atoms with Gasteiger partial charge in [0.25, 0.3) is 0 Å². The van der Waals surface area contributed by atoms with Gasteiger partial charge in [-0.25, -0.2) is 4.39 Å². The van der Waals surface area contributed by atoms with Crippen LogP contribution in [0.3, 0.4) is 0 Å². The van der Waals surface area contributed by atoms with Gasteiger partial charge in [0, 0.05) is 23.6 Å². The van der Waals surface area contributed by atoms with E-state index in [2.05, 4.69) is 39.2 Å². The lowest BCUT2D eigenvalue weighted by atomic mass is 10.2. The van der Waals surface area contributed by atoms with Gasteiger partial charge in [0.1, 0.15) is 11.6 Å². The number of aromatic nitrogens is 3. The summed E-state index contributed by atoms with van der Waals surface area (Å²) in [5.41, 5.74) is 1.08. The molecule has 6 heteroatoms. The maximum Gasteiger partial charge on any atom is 0.191 e. The van der Waals surface area contributed by atoms with Crippen LogP contribution < -0.4 is 0 Å². The maximum absolute atomic E-state index is 12.9. The fourth-order valence-corrected chi connectivity index (χ4v) is 3.85. The van der Waals surface area contributed by atoms with Crippen LogP contribution >= 0.6 is 23.1 Å². The Morgan fingerprint density at radius 1 is 1.18 bits per heavy atom. The molecule has 3 aromatic rings. The minimum Gasteiger partial charge on any atom is -0.306 e. The van der Waals surface area contributed by atoms with Crippen molar-refractivity contribution in [1.29, 1.82) is 0 Å². The Balaban J connectivity index is 1.71. The third kappa shape index (κ3) is 3.56. The second-order valence-corrected chi connectivity index (χ2v) is 6.79. The van der Waals surface area contributed by atoms with E-state index in [4.69, 9.17) is 0 Å². The van der Waals surface area contributed by atoms with E-state index < -0.39 is 0 Å². The first-order chi connectivity index (χ1) is 10.8. The van der Waals surface area contributed by atoms with E-state index in [1.165, 1.54) is 17.0 Å². The Morgan fingerprint density at radius 3 is 2.68 bits per heavy atom. The summed E-state index contributed by atoms with van der Waals surface area (Å²) in [6.45, 7) is 2.95. The van der Waals surface area contributed by atoms with Gasteiger partial charge < -0.3 is 4.57 Å². The number of thiophene rings is 1. The highest BCUT2D eigenvalue weighted by Gasteiger charge is 2.12. The number of thioether (sulfide) groups is 1. The first-order valence-corrected chi connectivity index (χ1v) is 8.94. The van der Waals surface area contributed by atoms with Crippen molar-refractivity contribution in [3.05, 3.63) is 63.9 Å². The van der Waals surface area contributed by atoms with Crippen LogP contribution in [0.25, 0.3) is 0 Å². The summed E-state index contributed by atoms with van der Waals surface area (Å²) >= 11 is 3.37. The summed E-state index contributed by atoms with van der Waals surface area (Å²) in [6, 6.07) is 10.8. The standard InChI is InChI=1S/C16H16FN3S2/c1-2-20-15(10-14-4-3-9-21-14)18-19-16(20)22-11-12-5-7-13(17)8-6-12/h3-9H,2,10-11H2,1H3. The molecule has 0 spiro atoms. The third-order valence-electron chi connectivity index (χ3n) is 3.30. The molecule has 0 aliphatic heterocycles. The molecule has 0 saturated heterocycles. The molecule has 3 nitrogen and oxygen atoms in total. The van der Waals surface area contributed by atoms with Crippen LogP contribution in [0.15, 0.2) is 46.9 Å². The van der Waals surface area contributed by atoms with Gasteiger partial charge in [-0.2, -0.15) is 0 Å². The van der Waals surface area contributed by atoms with Gasteiger partial charge in [0.05, 0.1) is 0 Å². The summed E-state index contributed by atoms with van der Waals surface area (Å²) < 4.78 is 15.1. The van der Waals surface area contributed by atoms with Crippen molar-refractivity contribution >= 4 is 23.1 Å². The van der Waals surface area contributed by atoms with Crippen LogP contribution in [0.4, 0.5) is 4.39 Å². The van der Waals surface area contributed by atoms with E-state index in [9.17, 15) is 4.39 Å². The van der Waals surface area contributed by atoms with Crippen LogP contribution in [0.1, 0.15) is 23.2 Å². The average Bonchev–Trinajstić information content (AvgIpc) is 3.17. The van der Waals surface area contributed by atoms with Gasteiger partial charge in [-0.1, -0.05) is 30.0 Å². The Morgan fingerprint density at radius 2 is 2.00 bits per heavy atom. The maximum atomic E-state index is 12.9. The number of hydrogen-bond acceptors (Lipinski definition) is 4. The highest BCUT2D eigenvalue weighted by molar-refractivity contribution is 7.98. The Labute approximate surface area is 137 Å². The normalized spacial score (nSPS) is 11.0. The molecule has 0 aliphatic rings. The lowest BCUT2D eigenvalue weighted by molar-refractivity contribution is 0.627. The summed E-state index contributed by atoms with van der Waals surface area (Å²) in [6.07, 6.45) is 0.815. The molecule has 0 unspecified atom stereocenters. The summed E-state index contributed by atoms with van der Waals surface area (Å²) in [5, 5.41) is 11.6. The smallest absolute Gasteiger partial charge is 0.191 e. The van der Waals surface area contributed by atoms with E-state index in [0.29, 0.717) is 0 Å². The molecular weight excluding hydrogens is 317 g/mol. The minimum atomic E-state index is -0.205. The van der Waals surface area contributed by atoms with Crippen LogP contribution in [0.5, 0.6) is 0 Å². The Hall–Kier alpha value is -1.66. The van der Waals surface area contributed by atoms with Crippen molar-refractivity contribution in [2.45, 2.75) is 30.8 Å². The van der Waals surface area contributed by atoms with Crippen molar-refractivity contribution < 1.29 is 4.39 Å². The van der Waals surface area contributed by atoms with E-state index in [1.54, 1.807) is 23.1 Å². The van der Waals surface area contributed by atoms with Gasteiger partial charge in [0.2, 0.25) is 0 Å².